The van der Waals surface area contributed by atoms with Gasteiger partial charge in [-0.3, -0.25) is 19.5 Å². The van der Waals surface area contributed by atoms with Crippen molar-refractivity contribution in [2.24, 2.45) is 17.3 Å². The number of nitrogens with one attached hydrogen (secondary N) is 1. The molecule has 0 bridgehead atoms. The fourth-order valence-corrected chi connectivity index (χ4v) is 6.12. The molecule has 7 nitrogen and oxygen atoms in total. The number of amides is 2. The third kappa shape index (κ3) is 4.11. The Morgan fingerprint density at radius 3 is 2.94 bits per heavy atom. The lowest BCUT2D eigenvalue weighted by molar-refractivity contribution is -0.140. The van der Waals surface area contributed by atoms with Crippen LogP contribution in [0.1, 0.15) is 25.6 Å². The summed E-state index contributed by atoms with van der Waals surface area (Å²) < 4.78 is 9.18. The summed E-state index contributed by atoms with van der Waals surface area (Å²) in [6, 6.07) is 8.20. The van der Waals surface area contributed by atoms with Crippen molar-refractivity contribution >= 4 is 33.9 Å². The molecule has 1 saturated heterocycles. The molecule has 2 fully saturated rings. The van der Waals surface area contributed by atoms with Crippen LogP contribution < -0.4 is 5.32 Å². The Kier molecular flexibility index (Phi) is 5.84. The number of thiophene rings is 1. The van der Waals surface area contributed by atoms with E-state index in [9.17, 15) is 9.59 Å². The van der Waals surface area contributed by atoms with E-state index in [2.05, 4.69) is 54.0 Å². The maximum atomic E-state index is 12.9. The lowest BCUT2D eigenvalue weighted by atomic mass is 10.1. The summed E-state index contributed by atoms with van der Waals surface area (Å²) in [7, 11) is 0. The van der Waals surface area contributed by atoms with Gasteiger partial charge in [-0.25, -0.2) is 0 Å². The van der Waals surface area contributed by atoms with Gasteiger partial charge in [-0.05, 0) is 35.6 Å². The summed E-state index contributed by atoms with van der Waals surface area (Å²) in [4.78, 5) is 31.5. The standard InChI is InChI=1S/C25H30N4O3S/c1-16-22(25(16,2)3)24(31)29(15-30)14-18-11-20-23(33-18)19(6-7-27-20)21-5-4-9-28(21)13-17-12-26-8-10-32-17/h4-7,9,11,15-17,22,26H,8,10,12-14H2,1-3H3. The zero-order chi connectivity index (χ0) is 23.2. The molecule has 33 heavy (non-hydrogen) atoms. The predicted octanol–water partition coefficient (Wildman–Crippen LogP) is 3.53. The summed E-state index contributed by atoms with van der Waals surface area (Å²) in [6.07, 6.45) is 4.72. The molecule has 1 aliphatic heterocycles. The molecule has 2 amide bonds. The minimum atomic E-state index is -0.0921. The molecule has 2 aliphatic rings. The Balaban J connectivity index is 1.40. The molecule has 0 radical (unpaired) electrons. The van der Waals surface area contributed by atoms with Crippen LogP contribution in [0.15, 0.2) is 36.7 Å². The first kappa shape index (κ1) is 22.3. The van der Waals surface area contributed by atoms with Crippen LogP contribution in [0.5, 0.6) is 0 Å². The molecular formula is C25H30N4O3S. The SMILES string of the molecule is CC1C(C(=O)N(C=O)Cc2cc3nccc(-c4cccn4CC4CNCCO4)c3s2)C1(C)C. The van der Waals surface area contributed by atoms with Crippen LogP contribution in [0.25, 0.3) is 21.5 Å². The Labute approximate surface area is 197 Å². The number of carbonyl (C=O) groups excluding carboxylic acids is 2. The molecular weight excluding hydrogens is 436 g/mol. The minimum Gasteiger partial charge on any atom is -0.374 e. The van der Waals surface area contributed by atoms with Crippen LogP contribution in [-0.2, 0) is 27.4 Å². The topological polar surface area (TPSA) is 76.5 Å². The molecule has 3 unspecified atom stereocenters. The van der Waals surface area contributed by atoms with Crippen molar-refractivity contribution in [3.05, 3.63) is 41.5 Å². The molecule has 5 rings (SSSR count). The van der Waals surface area contributed by atoms with Crippen LogP contribution in [0.4, 0.5) is 0 Å². The van der Waals surface area contributed by atoms with E-state index in [-0.39, 0.29) is 29.9 Å². The first-order valence-corrected chi connectivity index (χ1v) is 12.3. The molecule has 3 aromatic rings. The average Bonchev–Trinajstić information content (AvgIpc) is 3.21. The van der Waals surface area contributed by atoms with E-state index in [1.807, 2.05) is 18.3 Å². The summed E-state index contributed by atoms with van der Waals surface area (Å²) >= 11 is 1.60. The van der Waals surface area contributed by atoms with Crippen LogP contribution >= 0.6 is 11.3 Å². The van der Waals surface area contributed by atoms with Gasteiger partial charge < -0.3 is 14.6 Å². The number of rotatable bonds is 7. The molecule has 3 aromatic heterocycles. The van der Waals surface area contributed by atoms with E-state index < -0.39 is 0 Å². The molecule has 3 atom stereocenters. The quantitative estimate of drug-likeness (QED) is 0.539. The predicted molar refractivity (Wildman–Crippen MR) is 129 cm³/mol. The molecule has 0 spiro atoms. The second-order valence-electron chi connectivity index (χ2n) is 9.69. The second-order valence-corrected chi connectivity index (χ2v) is 10.8. The van der Waals surface area contributed by atoms with Crippen LogP contribution in [0, 0.1) is 17.3 Å². The van der Waals surface area contributed by atoms with E-state index in [1.54, 1.807) is 11.3 Å². The molecule has 0 aromatic carbocycles. The maximum Gasteiger partial charge on any atom is 0.233 e. The zero-order valence-electron chi connectivity index (χ0n) is 19.3. The summed E-state index contributed by atoms with van der Waals surface area (Å²) in [5, 5.41) is 3.39. The van der Waals surface area contributed by atoms with Crippen molar-refractivity contribution in [2.45, 2.75) is 40.0 Å². The third-order valence-electron chi connectivity index (χ3n) is 7.34. The number of nitrogens with zero attached hydrogens (tertiary/aromatic N) is 3. The average molecular weight is 467 g/mol. The highest BCUT2D eigenvalue weighted by molar-refractivity contribution is 7.19. The summed E-state index contributed by atoms with van der Waals surface area (Å²) in [5.74, 6) is 0.118. The summed E-state index contributed by atoms with van der Waals surface area (Å²) in [6.45, 7) is 9.78. The number of carbonyl (C=O) groups is 2. The highest BCUT2D eigenvalue weighted by Crippen LogP contribution is 2.58. The van der Waals surface area contributed by atoms with Crippen LogP contribution in [0.3, 0.4) is 0 Å². The number of hydrogen-bond donors (Lipinski definition) is 1. The van der Waals surface area contributed by atoms with E-state index in [0.717, 1.165) is 52.6 Å². The monoisotopic (exact) mass is 466 g/mol. The first-order valence-electron chi connectivity index (χ1n) is 11.5. The highest BCUT2D eigenvalue weighted by atomic mass is 32.1. The number of pyridine rings is 1. The van der Waals surface area contributed by atoms with Gasteiger partial charge in [0.1, 0.15) is 0 Å². The van der Waals surface area contributed by atoms with Gasteiger partial charge >= 0.3 is 0 Å². The van der Waals surface area contributed by atoms with Crippen LogP contribution in [0.2, 0.25) is 0 Å². The van der Waals surface area contributed by atoms with Crippen molar-refractivity contribution in [3.63, 3.8) is 0 Å². The van der Waals surface area contributed by atoms with Gasteiger partial charge in [0.05, 0.1) is 36.0 Å². The normalized spacial score (nSPS) is 24.0. The number of ether oxygens (including phenoxy) is 1. The number of morpholine rings is 1. The van der Waals surface area contributed by atoms with Gasteiger partial charge in [0.2, 0.25) is 12.3 Å². The molecule has 1 N–H and O–H groups in total. The Morgan fingerprint density at radius 1 is 1.42 bits per heavy atom. The molecule has 8 heteroatoms. The van der Waals surface area contributed by atoms with E-state index in [4.69, 9.17) is 4.74 Å². The van der Waals surface area contributed by atoms with Crippen molar-refractivity contribution in [3.8, 4) is 11.3 Å². The third-order valence-corrected chi connectivity index (χ3v) is 8.48. The second kappa shape index (κ2) is 8.66. The van der Waals surface area contributed by atoms with Crippen molar-refractivity contribution in [2.75, 3.05) is 19.7 Å². The van der Waals surface area contributed by atoms with Gasteiger partial charge in [-0.1, -0.05) is 20.8 Å². The highest BCUT2D eigenvalue weighted by Gasteiger charge is 2.59. The van der Waals surface area contributed by atoms with Crippen molar-refractivity contribution < 1.29 is 14.3 Å². The fraction of sp³-hybridized carbons (Fsp3) is 0.480. The number of fused-ring (bicyclic) bond motifs is 1. The number of aromatic nitrogens is 2. The van der Waals surface area contributed by atoms with Crippen molar-refractivity contribution in [1.82, 2.24) is 19.8 Å². The van der Waals surface area contributed by atoms with E-state index >= 15 is 0 Å². The van der Waals surface area contributed by atoms with Gasteiger partial charge in [-0.2, -0.15) is 0 Å². The Morgan fingerprint density at radius 2 is 2.24 bits per heavy atom. The van der Waals surface area contributed by atoms with E-state index in [0.29, 0.717) is 12.3 Å². The molecule has 174 valence electrons. The van der Waals surface area contributed by atoms with Crippen LogP contribution in [-0.4, -0.2) is 52.6 Å². The van der Waals surface area contributed by atoms with Gasteiger partial charge in [0.15, 0.2) is 0 Å². The lowest BCUT2D eigenvalue weighted by Crippen LogP contribution is -2.40. The van der Waals surface area contributed by atoms with Gasteiger partial charge in [-0.15, -0.1) is 11.3 Å². The minimum absolute atomic E-state index is 0.0454. The zero-order valence-corrected chi connectivity index (χ0v) is 20.1. The van der Waals surface area contributed by atoms with E-state index in [1.165, 1.54) is 4.90 Å². The number of hydrogen-bond acceptors (Lipinski definition) is 6. The van der Waals surface area contributed by atoms with Crippen molar-refractivity contribution in [1.29, 1.82) is 0 Å². The molecule has 4 heterocycles. The number of imide groups is 1. The Hall–Kier alpha value is -2.55. The fourth-order valence-electron chi connectivity index (χ4n) is 4.98. The van der Waals surface area contributed by atoms with Gasteiger partial charge in [0.25, 0.3) is 0 Å². The lowest BCUT2D eigenvalue weighted by Gasteiger charge is -2.25. The Bertz CT molecular complexity index is 1180. The smallest absolute Gasteiger partial charge is 0.233 e. The molecule has 1 aliphatic carbocycles. The maximum absolute atomic E-state index is 12.9. The summed E-state index contributed by atoms with van der Waals surface area (Å²) in [5.41, 5.74) is 3.05. The van der Waals surface area contributed by atoms with Gasteiger partial charge in [0, 0.05) is 47.5 Å². The molecule has 1 saturated carbocycles. The largest absolute Gasteiger partial charge is 0.374 e. The first-order chi connectivity index (χ1) is 15.9.